The first-order valence-corrected chi connectivity index (χ1v) is 10.6. The zero-order valence-electron chi connectivity index (χ0n) is 15.1. The largest absolute Gasteiger partial charge is 0.349 e. The van der Waals surface area contributed by atoms with Gasteiger partial charge >= 0.3 is 0 Å². The standard InChI is InChI=1S/C19H29NO3S/c1-5-19(2,3)15-9-11-16(12-10-15)20-18(21)14-7-6-8-17(13-14)24(4,22)23/h6-8,13,15-16H,5,9-12H2,1-4H3,(H,20,21). The summed E-state index contributed by atoms with van der Waals surface area (Å²) in [5, 5.41) is 3.07. The summed E-state index contributed by atoms with van der Waals surface area (Å²) < 4.78 is 23.2. The maximum atomic E-state index is 12.4. The summed E-state index contributed by atoms with van der Waals surface area (Å²) in [5.41, 5.74) is 0.771. The Morgan fingerprint density at radius 2 is 1.83 bits per heavy atom. The molecule has 134 valence electrons. The van der Waals surface area contributed by atoms with Crippen molar-refractivity contribution in [2.75, 3.05) is 6.26 Å². The summed E-state index contributed by atoms with van der Waals surface area (Å²) >= 11 is 0. The van der Waals surface area contributed by atoms with Gasteiger partial charge in [0.05, 0.1) is 4.90 Å². The maximum absolute atomic E-state index is 12.4. The SMILES string of the molecule is CCC(C)(C)C1CCC(NC(=O)c2cccc(S(C)(=O)=O)c2)CC1. The van der Waals surface area contributed by atoms with Crippen LogP contribution < -0.4 is 5.32 Å². The second-order valence-electron chi connectivity index (χ2n) is 7.66. The Kier molecular flexibility index (Phi) is 5.74. The van der Waals surface area contributed by atoms with E-state index < -0.39 is 9.84 Å². The number of hydrogen-bond donors (Lipinski definition) is 1. The highest BCUT2D eigenvalue weighted by Gasteiger charge is 2.32. The van der Waals surface area contributed by atoms with Crippen molar-refractivity contribution in [2.24, 2.45) is 11.3 Å². The Hall–Kier alpha value is -1.36. The molecule has 5 heteroatoms. The molecule has 0 aromatic heterocycles. The Morgan fingerprint density at radius 1 is 1.21 bits per heavy atom. The van der Waals surface area contributed by atoms with Crippen LogP contribution in [0.2, 0.25) is 0 Å². The number of rotatable bonds is 5. The lowest BCUT2D eigenvalue weighted by molar-refractivity contribution is 0.0893. The minimum atomic E-state index is -3.30. The fourth-order valence-corrected chi connectivity index (χ4v) is 4.11. The third kappa shape index (κ3) is 4.59. The second-order valence-corrected chi connectivity index (χ2v) is 9.68. The molecule has 1 aliphatic carbocycles. The van der Waals surface area contributed by atoms with Crippen LogP contribution in [0.5, 0.6) is 0 Å². The summed E-state index contributed by atoms with van der Waals surface area (Å²) in [5.74, 6) is 0.530. The Morgan fingerprint density at radius 3 is 2.38 bits per heavy atom. The van der Waals surface area contributed by atoms with Crippen LogP contribution in [0.15, 0.2) is 29.2 Å². The van der Waals surface area contributed by atoms with E-state index in [0.717, 1.165) is 31.9 Å². The summed E-state index contributed by atoms with van der Waals surface area (Å²) in [6.45, 7) is 6.89. The molecule has 0 atom stereocenters. The lowest BCUT2D eigenvalue weighted by Gasteiger charge is -2.39. The maximum Gasteiger partial charge on any atom is 0.251 e. The van der Waals surface area contributed by atoms with Crippen LogP contribution in [0.25, 0.3) is 0 Å². The van der Waals surface area contributed by atoms with Gasteiger partial charge in [0.25, 0.3) is 5.91 Å². The van der Waals surface area contributed by atoms with E-state index in [2.05, 4.69) is 26.1 Å². The number of hydrogen-bond acceptors (Lipinski definition) is 3. The van der Waals surface area contributed by atoms with Gasteiger partial charge in [-0.25, -0.2) is 8.42 Å². The molecule has 0 unspecified atom stereocenters. The summed E-state index contributed by atoms with van der Waals surface area (Å²) in [6, 6.07) is 6.44. The van der Waals surface area contributed by atoms with Crippen LogP contribution in [0.1, 0.15) is 63.2 Å². The van der Waals surface area contributed by atoms with Crippen molar-refractivity contribution in [3.05, 3.63) is 29.8 Å². The second kappa shape index (κ2) is 7.26. The van der Waals surface area contributed by atoms with Gasteiger partial charge in [-0.05, 0) is 55.2 Å². The molecule has 1 saturated carbocycles. The van der Waals surface area contributed by atoms with E-state index in [1.54, 1.807) is 12.1 Å². The van der Waals surface area contributed by atoms with E-state index in [9.17, 15) is 13.2 Å². The highest BCUT2D eigenvalue weighted by atomic mass is 32.2. The predicted molar refractivity (Wildman–Crippen MR) is 96.8 cm³/mol. The van der Waals surface area contributed by atoms with Gasteiger partial charge in [0.2, 0.25) is 0 Å². The lowest BCUT2D eigenvalue weighted by Crippen LogP contribution is -2.39. The van der Waals surface area contributed by atoms with E-state index in [0.29, 0.717) is 16.9 Å². The molecule has 1 N–H and O–H groups in total. The van der Waals surface area contributed by atoms with Gasteiger partial charge in [-0.15, -0.1) is 0 Å². The molecular formula is C19H29NO3S. The van der Waals surface area contributed by atoms with Gasteiger partial charge in [0.1, 0.15) is 0 Å². The van der Waals surface area contributed by atoms with Crippen molar-refractivity contribution in [3.63, 3.8) is 0 Å². The summed E-state index contributed by atoms with van der Waals surface area (Å²) in [4.78, 5) is 12.6. The monoisotopic (exact) mass is 351 g/mol. The number of carbonyl (C=O) groups is 1. The van der Waals surface area contributed by atoms with E-state index in [1.807, 2.05) is 0 Å². The average molecular weight is 352 g/mol. The van der Waals surface area contributed by atoms with Gasteiger partial charge in [0, 0.05) is 17.9 Å². The van der Waals surface area contributed by atoms with Crippen LogP contribution in [0.3, 0.4) is 0 Å². The lowest BCUT2D eigenvalue weighted by atomic mass is 9.69. The first-order valence-electron chi connectivity index (χ1n) is 8.74. The zero-order valence-corrected chi connectivity index (χ0v) is 15.9. The smallest absolute Gasteiger partial charge is 0.251 e. The van der Waals surface area contributed by atoms with E-state index in [1.165, 1.54) is 18.6 Å². The van der Waals surface area contributed by atoms with Gasteiger partial charge in [-0.1, -0.05) is 33.3 Å². The van der Waals surface area contributed by atoms with Crippen LogP contribution in [-0.4, -0.2) is 26.6 Å². The number of nitrogens with one attached hydrogen (secondary N) is 1. The van der Waals surface area contributed by atoms with Crippen LogP contribution in [0.4, 0.5) is 0 Å². The molecule has 0 aliphatic heterocycles. The Labute approximate surface area is 146 Å². The first-order chi connectivity index (χ1) is 11.1. The fraction of sp³-hybridized carbons (Fsp3) is 0.632. The number of amides is 1. The van der Waals surface area contributed by atoms with Crippen molar-refractivity contribution in [2.45, 2.75) is 63.8 Å². The third-order valence-corrected chi connectivity index (χ3v) is 6.71. The normalized spacial score (nSPS) is 22.2. The summed E-state index contributed by atoms with van der Waals surface area (Å²) in [7, 11) is -3.30. The number of carbonyl (C=O) groups excluding carboxylic acids is 1. The van der Waals surface area contributed by atoms with Crippen LogP contribution in [-0.2, 0) is 9.84 Å². The van der Waals surface area contributed by atoms with Crippen molar-refractivity contribution in [3.8, 4) is 0 Å². The van der Waals surface area contributed by atoms with Gasteiger partial charge in [-0.2, -0.15) is 0 Å². The number of sulfone groups is 1. The molecule has 4 nitrogen and oxygen atoms in total. The Bertz CT molecular complexity index is 686. The molecule has 0 bridgehead atoms. The minimum absolute atomic E-state index is 0.182. The van der Waals surface area contributed by atoms with Crippen molar-refractivity contribution in [1.82, 2.24) is 5.32 Å². The fourth-order valence-electron chi connectivity index (χ4n) is 3.44. The molecule has 24 heavy (non-hydrogen) atoms. The molecule has 1 aliphatic rings. The molecule has 2 rings (SSSR count). The zero-order chi connectivity index (χ0) is 18.0. The molecule has 1 aromatic carbocycles. The topological polar surface area (TPSA) is 63.2 Å². The van der Waals surface area contributed by atoms with Crippen LogP contribution >= 0.6 is 0 Å². The summed E-state index contributed by atoms with van der Waals surface area (Å²) in [6.07, 6.45) is 6.58. The molecular weight excluding hydrogens is 322 g/mol. The quantitative estimate of drug-likeness (QED) is 0.877. The third-order valence-electron chi connectivity index (χ3n) is 5.60. The number of benzene rings is 1. The predicted octanol–water partition coefficient (Wildman–Crippen LogP) is 3.81. The highest BCUT2D eigenvalue weighted by molar-refractivity contribution is 7.90. The molecule has 0 saturated heterocycles. The molecule has 1 aromatic rings. The molecule has 1 amide bonds. The van der Waals surface area contributed by atoms with E-state index in [4.69, 9.17) is 0 Å². The van der Waals surface area contributed by atoms with Crippen LogP contribution in [0, 0.1) is 11.3 Å². The molecule has 0 heterocycles. The van der Waals surface area contributed by atoms with Crippen molar-refractivity contribution in [1.29, 1.82) is 0 Å². The Balaban J connectivity index is 1.97. The van der Waals surface area contributed by atoms with Gasteiger partial charge in [-0.3, -0.25) is 4.79 Å². The van der Waals surface area contributed by atoms with Gasteiger partial charge in [0.15, 0.2) is 9.84 Å². The first kappa shape index (κ1) is 19.0. The molecule has 1 fully saturated rings. The van der Waals surface area contributed by atoms with E-state index >= 15 is 0 Å². The van der Waals surface area contributed by atoms with Gasteiger partial charge < -0.3 is 5.32 Å². The molecule has 0 radical (unpaired) electrons. The average Bonchev–Trinajstić information content (AvgIpc) is 2.54. The van der Waals surface area contributed by atoms with Crippen molar-refractivity contribution < 1.29 is 13.2 Å². The van der Waals surface area contributed by atoms with E-state index in [-0.39, 0.29) is 16.8 Å². The minimum Gasteiger partial charge on any atom is -0.349 e. The molecule has 0 spiro atoms. The highest BCUT2D eigenvalue weighted by Crippen LogP contribution is 2.40. The van der Waals surface area contributed by atoms with Crippen molar-refractivity contribution >= 4 is 15.7 Å².